The van der Waals surface area contributed by atoms with Gasteiger partial charge in [-0.05, 0) is 24.1 Å². The lowest BCUT2D eigenvalue weighted by Gasteiger charge is -2.09. The van der Waals surface area contributed by atoms with Crippen molar-refractivity contribution in [2.45, 2.75) is 25.9 Å². The maximum atomic E-state index is 12.2. The van der Waals surface area contributed by atoms with E-state index in [0.29, 0.717) is 19.5 Å². The number of carbonyl (C=O) groups is 1. The Bertz CT molecular complexity index is 886. The molecule has 128 valence electrons. The van der Waals surface area contributed by atoms with Crippen molar-refractivity contribution in [2.24, 2.45) is 0 Å². The molecule has 0 unspecified atom stereocenters. The zero-order valence-electron chi connectivity index (χ0n) is 13.9. The van der Waals surface area contributed by atoms with E-state index in [1.165, 1.54) is 5.56 Å². The Morgan fingerprint density at radius 2 is 1.84 bits per heavy atom. The average molecular weight is 398 g/mol. The first kappa shape index (κ1) is 17.4. The first-order valence-electron chi connectivity index (χ1n) is 8.21. The molecule has 4 nitrogen and oxygen atoms in total. The molecule has 0 saturated heterocycles. The van der Waals surface area contributed by atoms with Crippen molar-refractivity contribution in [3.05, 3.63) is 77.0 Å². The summed E-state index contributed by atoms with van der Waals surface area (Å²) in [5.74, 6) is 0.856. The highest BCUT2D eigenvalue weighted by Crippen LogP contribution is 2.19. The Labute approximate surface area is 155 Å². The summed E-state index contributed by atoms with van der Waals surface area (Å²) in [6, 6.07) is 18.0. The van der Waals surface area contributed by atoms with E-state index in [4.69, 9.17) is 0 Å². The number of amides is 1. The molecule has 0 aliphatic rings. The van der Waals surface area contributed by atoms with Crippen molar-refractivity contribution in [3.63, 3.8) is 0 Å². The van der Waals surface area contributed by atoms with Crippen LogP contribution >= 0.6 is 15.9 Å². The van der Waals surface area contributed by atoms with Gasteiger partial charge in [0.05, 0.1) is 24.1 Å². The number of hydrogen-bond donors (Lipinski definition) is 1. The Hall–Kier alpha value is -2.40. The number of hydrogen-bond acceptors (Lipinski definition) is 2. The zero-order valence-corrected chi connectivity index (χ0v) is 15.5. The van der Waals surface area contributed by atoms with E-state index in [9.17, 15) is 4.79 Å². The molecule has 0 aliphatic heterocycles. The summed E-state index contributed by atoms with van der Waals surface area (Å²) in [5.41, 5.74) is 3.13. The number of aromatic nitrogens is 2. The van der Waals surface area contributed by atoms with Crippen molar-refractivity contribution in [1.82, 2.24) is 14.9 Å². The van der Waals surface area contributed by atoms with Crippen LogP contribution in [0.5, 0.6) is 0 Å². The van der Waals surface area contributed by atoms with Gasteiger partial charge in [-0.2, -0.15) is 0 Å². The number of benzene rings is 2. The highest BCUT2D eigenvalue weighted by atomic mass is 79.9. The van der Waals surface area contributed by atoms with Crippen LogP contribution < -0.4 is 5.32 Å². The van der Waals surface area contributed by atoms with E-state index in [1.54, 1.807) is 0 Å². The molecule has 5 heteroatoms. The zero-order chi connectivity index (χ0) is 17.6. The smallest absolute Gasteiger partial charge is 0.220 e. The summed E-state index contributed by atoms with van der Waals surface area (Å²) in [6.45, 7) is 4.94. The standard InChI is InChI=1S/C20H20BrN3O/c1-15(21)14-24-18-10-6-5-9-17(18)23-19(24)13-22-20(25)12-11-16-7-3-2-4-8-16/h2-10H,1,11-14H2,(H,22,25). The van der Waals surface area contributed by atoms with E-state index in [1.807, 2.05) is 54.6 Å². The van der Waals surface area contributed by atoms with Gasteiger partial charge in [0.2, 0.25) is 5.91 Å². The van der Waals surface area contributed by atoms with Gasteiger partial charge in [0.25, 0.3) is 0 Å². The SMILES string of the molecule is C=C(Br)Cn1c(CNC(=O)CCc2ccccc2)nc2ccccc21. The molecular formula is C20H20BrN3O. The van der Waals surface area contributed by atoms with Gasteiger partial charge in [0.15, 0.2) is 0 Å². The predicted octanol–water partition coefficient (Wildman–Crippen LogP) is 4.19. The molecule has 3 rings (SSSR count). The molecule has 0 bridgehead atoms. The van der Waals surface area contributed by atoms with Crippen LogP contribution in [-0.2, 0) is 24.3 Å². The molecule has 0 atom stereocenters. The average Bonchev–Trinajstić information content (AvgIpc) is 2.96. The molecule has 1 N–H and O–H groups in total. The number of aryl methyl sites for hydroxylation is 1. The Morgan fingerprint density at radius 1 is 1.12 bits per heavy atom. The molecule has 0 saturated carbocycles. The molecule has 1 heterocycles. The van der Waals surface area contributed by atoms with Crippen LogP contribution in [0.1, 0.15) is 17.8 Å². The summed E-state index contributed by atoms with van der Waals surface area (Å²) in [6.07, 6.45) is 1.21. The largest absolute Gasteiger partial charge is 0.349 e. The maximum absolute atomic E-state index is 12.2. The number of para-hydroxylation sites is 2. The van der Waals surface area contributed by atoms with Gasteiger partial charge < -0.3 is 9.88 Å². The van der Waals surface area contributed by atoms with Gasteiger partial charge >= 0.3 is 0 Å². The lowest BCUT2D eigenvalue weighted by molar-refractivity contribution is -0.121. The van der Waals surface area contributed by atoms with Gasteiger partial charge in [0, 0.05) is 10.9 Å². The summed E-state index contributed by atoms with van der Waals surface area (Å²) < 4.78 is 2.94. The molecule has 2 aromatic carbocycles. The second-order valence-electron chi connectivity index (χ2n) is 5.88. The Balaban J connectivity index is 1.66. The minimum absolute atomic E-state index is 0.0279. The third-order valence-corrected chi connectivity index (χ3v) is 4.24. The molecule has 0 radical (unpaired) electrons. The highest BCUT2D eigenvalue weighted by Gasteiger charge is 2.12. The van der Waals surface area contributed by atoms with Crippen LogP contribution in [-0.4, -0.2) is 15.5 Å². The van der Waals surface area contributed by atoms with Gasteiger partial charge in [0.1, 0.15) is 5.82 Å². The molecule has 0 aliphatic carbocycles. The second-order valence-corrected chi connectivity index (χ2v) is 7.00. The molecule has 0 fully saturated rings. The van der Waals surface area contributed by atoms with Crippen molar-refractivity contribution < 1.29 is 4.79 Å². The maximum Gasteiger partial charge on any atom is 0.220 e. The summed E-state index contributed by atoms with van der Waals surface area (Å²) in [5, 5.41) is 2.98. The van der Waals surface area contributed by atoms with Crippen LogP contribution in [0.15, 0.2) is 65.7 Å². The molecule has 1 amide bonds. The Kier molecular flexibility index (Phi) is 5.66. The van der Waals surface area contributed by atoms with E-state index in [2.05, 4.69) is 37.4 Å². The number of halogens is 1. The van der Waals surface area contributed by atoms with Crippen molar-refractivity contribution >= 4 is 32.9 Å². The van der Waals surface area contributed by atoms with Crippen molar-refractivity contribution in [2.75, 3.05) is 0 Å². The summed E-state index contributed by atoms with van der Waals surface area (Å²) >= 11 is 3.42. The number of rotatable bonds is 7. The highest BCUT2D eigenvalue weighted by molar-refractivity contribution is 9.11. The number of carbonyl (C=O) groups excluding carboxylic acids is 1. The monoisotopic (exact) mass is 397 g/mol. The summed E-state index contributed by atoms with van der Waals surface area (Å²) in [7, 11) is 0. The third kappa shape index (κ3) is 4.57. The molecule has 0 spiro atoms. The lowest BCUT2D eigenvalue weighted by Crippen LogP contribution is -2.25. The number of nitrogens with one attached hydrogen (secondary N) is 1. The predicted molar refractivity (Wildman–Crippen MR) is 104 cm³/mol. The molecule has 1 aromatic heterocycles. The topological polar surface area (TPSA) is 46.9 Å². The molecule has 3 aromatic rings. The molecule has 25 heavy (non-hydrogen) atoms. The number of allylic oxidation sites excluding steroid dienone is 1. The first-order valence-corrected chi connectivity index (χ1v) is 9.01. The normalized spacial score (nSPS) is 10.8. The van der Waals surface area contributed by atoms with Crippen LogP contribution in [0.4, 0.5) is 0 Å². The van der Waals surface area contributed by atoms with E-state index >= 15 is 0 Å². The van der Waals surface area contributed by atoms with Crippen LogP contribution in [0, 0.1) is 0 Å². The van der Waals surface area contributed by atoms with E-state index < -0.39 is 0 Å². The second kappa shape index (κ2) is 8.12. The minimum Gasteiger partial charge on any atom is -0.349 e. The fraction of sp³-hybridized carbons (Fsp3) is 0.200. The van der Waals surface area contributed by atoms with Crippen LogP contribution in [0.2, 0.25) is 0 Å². The fourth-order valence-electron chi connectivity index (χ4n) is 2.78. The molecular weight excluding hydrogens is 378 g/mol. The van der Waals surface area contributed by atoms with Crippen LogP contribution in [0.25, 0.3) is 11.0 Å². The van der Waals surface area contributed by atoms with E-state index in [0.717, 1.165) is 27.8 Å². The number of imidazole rings is 1. The van der Waals surface area contributed by atoms with Gasteiger partial charge in [-0.3, -0.25) is 4.79 Å². The quantitative estimate of drug-likeness (QED) is 0.649. The van der Waals surface area contributed by atoms with Gasteiger partial charge in [-0.25, -0.2) is 4.98 Å². The van der Waals surface area contributed by atoms with Gasteiger partial charge in [-0.15, -0.1) is 0 Å². The Morgan fingerprint density at radius 3 is 2.60 bits per heavy atom. The lowest BCUT2D eigenvalue weighted by atomic mass is 10.1. The van der Waals surface area contributed by atoms with E-state index in [-0.39, 0.29) is 5.91 Å². The van der Waals surface area contributed by atoms with Crippen molar-refractivity contribution in [3.8, 4) is 0 Å². The van der Waals surface area contributed by atoms with Crippen molar-refractivity contribution in [1.29, 1.82) is 0 Å². The summed E-state index contributed by atoms with van der Waals surface area (Å²) in [4.78, 5) is 16.8. The minimum atomic E-state index is 0.0279. The number of nitrogens with zero attached hydrogens (tertiary/aromatic N) is 2. The third-order valence-electron chi connectivity index (χ3n) is 3.99. The van der Waals surface area contributed by atoms with Gasteiger partial charge in [-0.1, -0.05) is 65.0 Å². The fourth-order valence-corrected chi connectivity index (χ4v) is 3.03. The first-order chi connectivity index (χ1) is 12.1. The number of fused-ring (bicyclic) bond motifs is 1. The van der Waals surface area contributed by atoms with Crippen LogP contribution in [0.3, 0.4) is 0 Å².